The molecule has 0 bridgehead atoms. The molecule has 1 amide bonds. The number of nitrogens with one attached hydrogen (secondary N) is 1. The van der Waals surface area contributed by atoms with E-state index in [-0.39, 0.29) is 30.6 Å². The summed E-state index contributed by atoms with van der Waals surface area (Å²) in [5, 5.41) is 3.20. The van der Waals surface area contributed by atoms with Gasteiger partial charge in [-0.3, -0.25) is 19.6 Å². The van der Waals surface area contributed by atoms with Crippen molar-refractivity contribution >= 4 is 11.6 Å². The molecule has 1 atom stereocenters. The van der Waals surface area contributed by atoms with E-state index < -0.39 is 11.6 Å². The van der Waals surface area contributed by atoms with Gasteiger partial charge in [0.1, 0.15) is 0 Å². The molecule has 0 unspecified atom stereocenters. The first-order valence-corrected chi connectivity index (χ1v) is 11.0. The molecule has 0 spiro atoms. The number of likely N-dealkylation sites (tertiary alicyclic amines) is 1. The van der Waals surface area contributed by atoms with Gasteiger partial charge in [0, 0.05) is 38.1 Å². The second kappa shape index (κ2) is 8.12. The van der Waals surface area contributed by atoms with Crippen LogP contribution in [0, 0.1) is 11.6 Å². The third-order valence-corrected chi connectivity index (χ3v) is 6.60. The fourth-order valence-corrected chi connectivity index (χ4v) is 4.86. The molecule has 2 aromatic heterocycles. The minimum atomic E-state index is -0.845. The van der Waals surface area contributed by atoms with Gasteiger partial charge in [-0.05, 0) is 25.5 Å². The average molecular weight is 441 g/mol. The molecule has 7 nitrogen and oxygen atoms in total. The van der Waals surface area contributed by atoms with Gasteiger partial charge in [0.15, 0.2) is 17.3 Å². The van der Waals surface area contributed by atoms with Crippen LogP contribution in [0.1, 0.15) is 54.7 Å². The van der Waals surface area contributed by atoms with Gasteiger partial charge in [0.05, 0.1) is 29.5 Å². The van der Waals surface area contributed by atoms with E-state index in [1.165, 1.54) is 17.5 Å². The van der Waals surface area contributed by atoms with E-state index >= 15 is 0 Å². The second-order valence-corrected chi connectivity index (χ2v) is 8.63. The normalized spacial score (nSPS) is 19.3. The molecule has 1 aromatic carbocycles. The number of nitrogens with zero attached hydrogens (tertiary/aromatic N) is 4. The molecule has 1 saturated heterocycles. The number of rotatable bonds is 3. The van der Waals surface area contributed by atoms with Crippen LogP contribution in [0.25, 0.3) is 5.65 Å². The number of aromatic amines is 1. The SMILES string of the molecule is CC(=O)N1CCc2nc3cc([C@H]4CCCCN4Cc4cccc(F)c4F)[nH]n3c(=O)c2C1. The van der Waals surface area contributed by atoms with Gasteiger partial charge >= 0.3 is 0 Å². The van der Waals surface area contributed by atoms with E-state index in [4.69, 9.17) is 0 Å². The Balaban J connectivity index is 1.49. The molecule has 3 aromatic rings. The predicted molar refractivity (Wildman–Crippen MR) is 114 cm³/mol. The van der Waals surface area contributed by atoms with Crippen LogP contribution in [-0.4, -0.2) is 43.4 Å². The standard InChI is InChI=1S/C23H25F2N5O2/c1-14(31)28-10-8-18-16(13-28)23(32)30-21(26-18)11-19(27-30)20-7-2-3-9-29(20)12-15-5-4-6-17(24)22(15)25/h4-6,11,20,27H,2-3,7-10,12-13H2,1H3/t20-/m1/s1. The topological polar surface area (TPSA) is 73.7 Å². The molecule has 0 saturated carbocycles. The zero-order chi connectivity index (χ0) is 22.4. The lowest BCUT2D eigenvalue weighted by atomic mass is 9.98. The number of hydrogen-bond donors (Lipinski definition) is 1. The molecule has 0 aliphatic carbocycles. The lowest BCUT2D eigenvalue weighted by Crippen LogP contribution is -2.39. The molecule has 32 heavy (non-hydrogen) atoms. The Morgan fingerprint density at radius 2 is 2.09 bits per heavy atom. The maximum atomic E-state index is 14.3. The fourth-order valence-electron chi connectivity index (χ4n) is 4.86. The molecular formula is C23H25F2N5O2. The van der Waals surface area contributed by atoms with Crippen LogP contribution in [0.2, 0.25) is 0 Å². The van der Waals surface area contributed by atoms with Crippen LogP contribution >= 0.6 is 0 Å². The molecule has 5 rings (SSSR count). The summed E-state index contributed by atoms with van der Waals surface area (Å²) < 4.78 is 29.4. The summed E-state index contributed by atoms with van der Waals surface area (Å²) in [7, 11) is 0. The molecule has 1 N–H and O–H groups in total. The zero-order valence-corrected chi connectivity index (χ0v) is 17.9. The van der Waals surface area contributed by atoms with Gasteiger partial charge in [-0.15, -0.1) is 0 Å². The highest BCUT2D eigenvalue weighted by Gasteiger charge is 2.29. The highest BCUT2D eigenvalue weighted by molar-refractivity contribution is 5.73. The quantitative estimate of drug-likeness (QED) is 0.678. The molecule has 4 heterocycles. The summed E-state index contributed by atoms with van der Waals surface area (Å²) in [6.07, 6.45) is 3.38. The number of H-pyrrole nitrogens is 1. The average Bonchev–Trinajstić information content (AvgIpc) is 3.21. The Morgan fingerprint density at radius 3 is 2.91 bits per heavy atom. The van der Waals surface area contributed by atoms with Crippen molar-refractivity contribution in [1.82, 2.24) is 24.4 Å². The minimum absolute atomic E-state index is 0.0572. The Bertz CT molecular complexity index is 1250. The number of halogens is 2. The van der Waals surface area contributed by atoms with E-state index in [0.29, 0.717) is 29.7 Å². The first-order valence-electron chi connectivity index (χ1n) is 11.0. The van der Waals surface area contributed by atoms with Gasteiger partial charge < -0.3 is 4.90 Å². The summed E-state index contributed by atoms with van der Waals surface area (Å²) in [6.45, 7) is 3.36. The van der Waals surface area contributed by atoms with Gasteiger partial charge in [0.25, 0.3) is 5.56 Å². The van der Waals surface area contributed by atoms with Crippen LogP contribution in [0.15, 0.2) is 29.1 Å². The molecular weight excluding hydrogens is 416 g/mol. The van der Waals surface area contributed by atoms with Crippen LogP contribution in [0.4, 0.5) is 8.78 Å². The summed E-state index contributed by atoms with van der Waals surface area (Å²) in [5.41, 5.74) is 2.78. The molecule has 1 fully saturated rings. The fraction of sp³-hybridized carbons (Fsp3) is 0.435. The minimum Gasteiger partial charge on any atom is -0.338 e. The van der Waals surface area contributed by atoms with Crippen molar-refractivity contribution in [1.29, 1.82) is 0 Å². The van der Waals surface area contributed by atoms with Crippen LogP contribution in [0.3, 0.4) is 0 Å². The van der Waals surface area contributed by atoms with Crippen LogP contribution in [0.5, 0.6) is 0 Å². The van der Waals surface area contributed by atoms with Crippen molar-refractivity contribution in [3.8, 4) is 0 Å². The van der Waals surface area contributed by atoms with E-state index in [1.54, 1.807) is 11.0 Å². The molecule has 9 heteroatoms. The van der Waals surface area contributed by atoms with Crippen molar-refractivity contribution in [2.75, 3.05) is 13.1 Å². The number of benzene rings is 1. The molecule has 2 aliphatic rings. The Kier molecular flexibility index (Phi) is 5.28. The van der Waals surface area contributed by atoms with Gasteiger partial charge in [-0.1, -0.05) is 18.6 Å². The molecule has 0 radical (unpaired) electrons. The van der Waals surface area contributed by atoms with Gasteiger partial charge in [-0.25, -0.2) is 18.3 Å². The third-order valence-electron chi connectivity index (χ3n) is 6.60. The highest BCUT2D eigenvalue weighted by atomic mass is 19.2. The third kappa shape index (κ3) is 3.60. The van der Waals surface area contributed by atoms with E-state index in [9.17, 15) is 18.4 Å². The Hall–Kier alpha value is -3.07. The Morgan fingerprint density at radius 1 is 1.25 bits per heavy atom. The summed E-state index contributed by atoms with van der Waals surface area (Å²) in [6, 6.07) is 6.07. The number of amides is 1. The monoisotopic (exact) mass is 441 g/mol. The maximum Gasteiger partial charge on any atom is 0.277 e. The van der Waals surface area contributed by atoms with Crippen molar-refractivity contribution in [2.24, 2.45) is 0 Å². The lowest BCUT2D eigenvalue weighted by molar-refractivity contribution is -0.129. The predicted octanol–water partition coefficient (Wildman–Crippen LogP) is 2.93. The van der Waals surface area contributed by atoms with Gasteiger partial charge in [-0.2, -0.15) is 0 Å². The largest absolute Gasteiger partial charge is 0.338 e. The number of aromatic nitrogens is 3. The van der Waals surface area contributed by atoms with Crippen molar-refractivity contribution < 1.29 is 13.6 Å². The second-order valence-electron chi connectivity index (χ2n) is 8.63. The lowest BCUT2D eigenvalue weighted by Gasteiger charge is -2.35. The number of carbonyl (C=O) groups is 1. The smallest absolute Gasteiger partial charge is 0.277 e. The molecule has 168 valence electrons. The number of carbonyl (C=O) groups excluding carboxylic acids is 1. The van der Waals surface area contributed by atoms with E-state index in [1.807, 2.05) is 6.07 Å². The number of piperidine rings is 1. The summed E-state index contributed by atoms with van der Waals surface area (Å²) >= 11 is 0. The van der Waals surface area contributed by atoms with Crippen LogP contribution in [-0.2, 0) is 24.3 Å². The summed E-state index contributed by atoms with van der Waals surface area (Å²) in [5.74, 6) is -1.72. The van der Waals surface area contributed by atoms with E-state index in [0.717, 1.165) is 43.3 Å². The molecule has 2 aliphatic heterocycles. The Labute approximate surface area is 183 Å². The highest BCUT2D eigenvalue weighted by Crippen LogP contribution is 2.32. The number of hydrogen-bond acceptors (Lipinski definition) is 4. The summed E-state index contributed by atoms with van der Waals surface area (Å²) in [4.78, 5) is 33.4. The first-order chi connectivity index (χ1) is 15.4. The van der Waals surface area contributed by atoms with E-state index in [2.05, 4.69) is 15.0 Å². The van der Waals surface area contributed by atoms with Crippen molar-refractivity contribution in [3.63, 3.8) is 0 Å². The number of fused-ring (bicyclic) bond motifs is 2. The van der Waals surface area contributed by atoms with Crippen molar-refractivity contribution in [2.45, 2.75) is 51.7 Å². The van der Waals surface area contributed by atoms with Crippen molar-refractivity contribution in [3.05, 3.63) is 68.8 Å². The zero-order valence-electron chi connectivity index (χ0n) is 17.9. The first kappa shape index (κ1) is 20.8. The van der Waals surface area contributed by atoms with Gasteiger partial charge in [0.2, 0.25) is 5.91 Å². The maximum absolute atomic E-state index is 14.3. The van der Waals surface area contributed by atoms with Crippen LogP contribution < -0.4 is 5.56 Å².